The summed E-state index contributed by atoms with van der Waals surface area (Å²) in [4.78, 5) is 20.0. The van der Waals surface area contributed by atoms with Crippen LogP contribution in [0.4, 0.5) is 16.0 Å². The lowest BCUT2D eigenvalue weighted by molar-refractivity contribution is 0.630. The quantitative estimate of drug-likeness (QED) is 0.589. The molecule has 26 heavy (non-hydrogen) atoms. The van der Waals surface area contributed by atoms with Gasteiger partial charge >= 0.3 is 0 Å². The molecule has 0 unspecified atom stereocenters. The highest BCUT2D eigenvalue weighted by Gasteiger charge is 2.16. The number of aryl methyl sites for hydroxylation is 1. The van der Waals surface area contributed by atoms with Crippen LogP contribution in [-0.4, -0.2) is 24.9 Å². The third-order valence-electron chi connectivity index (χ3n) is 3.83. The third-order valence-corrected chi connectivity index (χ3v) is 3.83. The number of halogens is 1. The van der Waals surface area contributed by atoms with Crippen LogP contribution in [0.15, 0.2) is 42.9 Å². The van der Waals surface area contributed by atoms with Crippen LogP contribution in [0.2, 0.25) is 0 Å². The van der Waals surface area contributed by atoms with Crippen molar-refractivity contribution in [2.45, 2.75) is 6.92 Å². The molecule has 0 atom stereocenters. The van der Waals surface area contributed by atoms with Gasteiger partial charge in [-0.3, -0.25) is 0 Å². The molecule has 4 aromatic rings. The Morgan fingerprint density at radius 2 is 2.08 bits per heavy atom. The molecule has 0 aliphatic carbocycles. The lowest BCUT2D eigenvalue weighted by Crippen LogP contribution is -1.98. The fourth-order valence-electron chi connectivity index (χ4n) is 2.65. The summed E-state index contributed by atoms with van der Waals surface area (Å²) < 4.78 is 14.3. The highest BCUT2D eigenvalue weighted by molar-refractivity contribution is 5.90. The number of hydrogen-bond donors (Lipinski definition) is 2. The van der Waals surface area contributed by atoms with Crippen molar-refractivity contribution in [3.63, 3.8) is 0 Å². The van der Waals surface area contributed by atoms with E-state index in [1.807, 2.05) is 13.0 Å². The summed E-state index contributed by atoms with van der Waals surface area (Å²) >= 11 is 0. The average molecular weight is 345 g/mol. The summed E-state index contributed by atoms with van der Waals surface area (Å²) in [5.41, 5.74) is 2.33. The van der Waals surface area contributed by atoms with E-state index in [1.165, 1.54) is 18.5 Å². The van der Waals surface area contributed by atoms with Crippen molar-refractivity contribution >= 4 is 22.7 Å². The van der Waals surface area contributed by atoms with E-state index in [1.54, 1.807) is 24.4 Å². The maximum Gasteiger partial charge on any atom is 0.157 e. The lowest BCUT2D eigenvalue weighted by Gasteiger charge is -2.05. The van der Waals surface area contributed by atoms with E-state index in [-0.39, 0.29) is 17.0 Å². The third kappa shape index (κ3) is 2.71. The highest BCUT2D eigenvalue weighted by Crippen LogP contribution is 2.29. The number of benzene rings is 1. The monoisotopic (exact) mass is 345 g/mol. The molecule has 0 fully saturated rings. The predicted octanol–water partition coefficient (Wildman–Crippen LogP) is 3.48. The summed E-state index contributed by atoms with van der Waals surface area (Å²) in [6, 6.07) is 9.82. The predicted molar refractivity (Wildman–Crippen MR) is 94.0 cm³/mol. The van der Waals surface area contributed by atoms with E-state index < -0.39 is 5.82 Å². The van der Waals surface area contributed by atoms with Gasteiger partial charge in [0.15, 0.2) is 5.82 Å². The molecule has 8 heteroatoms. The Kier molecular flexibility index (Phi) is 3.74. The average Bonchev–Trinajstić information content (AvgIpc) is 3.06. The number of nitriles is 1. The number of pyridine rings is 1. The van der Waals surface area contributed by atoms with Gasteiger partial charge in [0, 0.05) is 18.0 Å². The minimum atomic E-state index is -0.517. The van der Waals surface area contributed by atoms with E-state index in [4.69, 9.17) is 0 Å². The van der Waals surface area contributed by atoms with Crippen molar-refractivity contribution < 1.29 is 4.39 Å². The summed E-state index contributed by atoms with van der Waals surface area (Å²) in [5.74, 6) is 0.827. The second kappa shape index (κ2) is 6.22. The number of aromatic nitrogens is 5. The second-order valence-corrected chi connectivity index (χ2v) is 5.58. The zero-order chi connectivity index (χ0) is 18.1. The largest absolute Gasteiger partial charge is 0.335 e. The van der Waals surface area contributed by atoms with E-state index in [9.17, 15) is 9.65 Å². The molecule has 0 saturated heterocycles. The number of anilines is 2. The van der Waals surface area contributed by atoms with Crippen LogP contribution < -0.4 is 5.32 Å². The first-order valence-corrected chi connectivity index (χ1v) is 7.75. The molecular formula is C18H12FN7. The molecule has 0 bridgehead atoms. The molecule has 2 N–H and O–H groups in total. The molecule has 0 aliphatic rings. The number of aromatic amines is 1. The van der Waals surface area contributed by atoms with Gasteiger partial charge in [0.25, 0.3) is 0 Å². The number of fused-ring (bicyclic) bond motifs is 1. The maximum atomic E-state index is 14.3. The molecule has 0 radical (unpaired) electrons. The molecule has 0 aliphatic heterocycles. The summed E-state index contributed by atoms with van der Waals surface area (Å²) in [7, 11) is 0. The van der Waals surface area contributed by atoms with E-state index in [2.05, 4.69) is 30.2 Å². The molecule has 3 heterocycles. The van der Waals surface area contributed by atoms with Gasteiger partial charge in [0.2, 0.25) is 0 Å². The highest BCUT2D eigenvalue weighted by atomic mass is 19.1. The zero-order valence-corrected chi connectivity index (χ0v) is 13.7. The van der Waals surface area contributed by atoms with Crippen LogP contribution >= 0.6 is 0 Å². The van der Waals surface area contributed by atoms with Gasteiger partial charge in [-0.1, -0.05) is 6.07 Å². The van der Waals surface area contributed by atoms with Gasteiger partial charge < -0.3 is 10.3 Å². The molecule has 4 rings (SSSR count). The van der Waals surface area contributed by atoms with Gasteiger partial charge in [-0.2, -0.15) is 5.26 Å². The zero-order valence-electron chi connectivity index (χ0n) is 13.7. The van der Waals surface area contributed by atoms with Crippen LogP contribution in [0, 0.1) is 24.1 Å². The fourth-order valence-corrected chi connectivity index (χ4v) is 2.65. The Morgan fingerprint density at radius 3 is 2.88 bits per heavy atom. The second-order valence-electron chi connectivity index (χ2n) is 5.58. The van der Waals surface area contributed by atoms with Gasteiger partial charge in [0.1, 0.15) is 29.3 Å². The Bertz CT molecular complexity index is 1160. The van der Waals surface area contributed by atoms with E-state index in [0.717, 1.165) is 5.69 Å². The number of hydrogen-bond acceptors (Lipinski definition) is 6. The van der Waals surface area contributed by atoms with Crippen molar-refractivity contribution in [1.29, 1.82) is 5.26 Å². The van der Waals surface area contributed by atoms with Crippen molar-refractivity contribution in [2.75, 3.05) is 5.32 Å². The molecular weight excluding hydrogens is 333 g/mol. The number of imidazole rings is 1. The minimum absolute atomic E-state index is 0.134. The van der Waals surface area contributed by atoms with E-state index >= 15 is 0 Å². The Hall–Kier alpha value is -3.86. The molecule has 0 amide bonds. The van der Waals surface area contributed by atoms with Crippen molar-refractivity contribution in [3.05, 3.63) is 59.9 Å². The summed E-state index contributed by atoms with van der Waals surface area (Å²) in [6.45, 7) is 1.86. The maximum absolute atomic E-state index is 14.3. The first kappa shape index (κ1) is 15.7. The van der Waals surface area contributed by atoms with Gasteiger partial charge in [0.05, 0.1) is 22.7 Å². The van der Waals surface area contributed by atoms with Crippen molar-refractivity contribution in [2.24, 2.45) is 0 Å². The Balaban J connectivity index is 1.83. The van der Waals surface area contributed by atoms with Crippen molar-refractivity contribution in [3.8, 4) is 17.5 Å². The SMILES string of the molecule is Cc1cc(Nc2nccc3nc(-c4c(F)cccc4C#N)[nH]c23)ncn1. The summed E-state index contributed by atoms with van der Waals surface area (Å²) in [5, 5.41) is 12.4. The van der Waals surface area contributed by atoms with Crippen LogP contribution in [0.1, 0.15) is 11.3 Å². The van der Waals surface area contributed by atoms with Gasteiger partial charge in [-0.25, -0.2) is 24.3 Å². The van der Waals surface area contributed by atoms with Gasteiger partial charge in [-0.05, 0) is 25.1 Å². The van der Waals surface area contributed by atoms with Crippen molar-refractivity contribution in [1.82, 2.24) is 24.9 Å². The molecule has 126 valence electrons. The van der Waals surface area contributed by atoms with Crippen LogP contribution in [0.25, 0.3) is 22.4 Å². The topological polar surface area (TPSA) is 103 Å². The first-order chi connectivity index (χ1) is 12.7. The standard InChI is InChI=1S/C18H12FN7/c1-10-7-14(23-9-22-10)25-18-16-13(5-6-21-18)24-17(26-16)15-11(8-20)3-2-4-12(15)19/h2-7,9H,1H3,(H,24,26)(H,21,22,23,25). The number of rotatable bonds is 3. The number of nitrogens with zero attached hydrogens (tertiary/aromatic N) is 5. The lowest BCUT2D eigenvalue weighted by atomic mass is 10.1. The van der Waals surface area contributed by atoms with Gasteiger partial charge in [-0.15, -0.1) is 0 Å². The number of nitrogens with one attached hydrogen (secondary N) is 2. The van der Waals surface area contributed by atoms with Crippen LogP contribution in [0.3, 0.4) is 0 Å². The molecule has 7 nitrogen and oxygen atoms in total. The van der Waals surface area contributed by atoms with E-state index in [0.29, 0.717) is 22.7 Å². The fraction of sp³-hybridized carbons (Fsp3) is 0.0556. The molecule has 0 saturated carbocycles. The minimum Gasteiger partial charge on any atom is -0.335 e. The van der Waals surface area contributed by atoms with Crippen LogP contribution in [0.5, 0.6) is 0 Å². The Labute approximate surface area is 147 Å². The Morgan fingerprint density at radius 1 is 1.19 bits per heavy atom. The molecule has 3 aromatic heterocycles. The first-order valence-electron chi connectivity index (χ1n) is 7.75. The van der Waals surface area contributed by atoms with Crippen LogP contribution in [-0.2, 0) is 0 Å². The molecule has 0 spiro atoms. The normalized spacial score (nSPS) is 10.7. The number of H-pyrrole nitrogens is 1. The molecule has 1 aromatic carbocycles. The summed E-state index contributed by atoms with van der Waals surface area (Å²) in [6.07, 6.45) is 3.05. The smallest absolute Gasteiger partial charge is 0.157 e.